The number of rotatable bonds is 9. The van der Waals surface area contributed by atoms with Crippen molar-refractivity contribution in [3.63, 3.8) is 0 Å². The molecule has 3 nitrogen and oxygen atoms in total. The first kappa shape index (κ1) is 13.4. The summed E-state index contributed by atoms with van der Waals surface area (Å²) in [7, 11) is 1.86. The van der Waals surface area contributed by atoms with Gasteiger partial charge in [0.05, 0.1) is 0 Å². The van der Waals surface area contributed by atoms with Crippen LogP contribution in [0.4, 0.5) is 0 Å². The fourth-order valence-corrected chi connectivity index (χ4v) is 1.28. The second kappa shape index (κ2) is 10.5. The Morgan fingerprint density at radius 1 is 1.07 bits per heavy atom. The Balaban J connectivity index is 3.07. The van der Waals surface area contributed by atoms with E-state index in [2.05, 4.69) is 17.6 Å². The van der Waals surface area contributed by atoms with Crippen LogP contribution in [0.1, 0.15) is 45.4 Å². The van der Waals surface area contributed by atoms with Gasteiger partial charge in [0, 0.05) is 19.5 Å². The minimum absolute atomic E-state index is 0.162. The molecule has 0 radical (unpaired) electrons. The lowest BCUT2D eigenvalue weighted by Gasteiger charge is -2.04. The molecule has 2 N–H and O–H groups in total. The summed E-state index contributed by atoms with van der Waals surface area (Å²) < 4.78 is 0. The lowest BCUT2D eigenvalue weighted by atomic mass is 10.1. The molecule has 14 heavy (non-hydrogen) atoms. The van der Waals surface area contributed by atoms with Gasteiger partial charge in [0.15, 0.2) is 0 Å². The van der Waals surface area contributed by atoms with Gasteiger partial charge in [-0.05, 0) is 13.5 Å². The first-order valence-electron chi connectivity index (χ1n) is 5.72. The van der Waals surface area contributed by atoms with Gasteiger partial charge in [-0.15, -0.1) is 0 Å². The third-order valence-electron chi connectivity index (χ3n) is 2.20. The lowest BCUT2D eigenvalue weighted by Crippen LogP contribution is -2.27. The van der Waals surface area contributed by atoms with Gasteiger partial charge < -0.3 is 10.6 Å². The minimum atomic E-state index is 0.162. The van der Waals surface area contributed by atoms with Gasteiger partial charge >= 0.3 is 0 Å². The van der Waals surface area contributed by atoms with E-state index >= 15 is 0 Å². The van der Waals surface area contributed by atoms with E-state index in [4.69, 9.17) is 0 Å². The first-order chi connectivity index (χ1) is 6.81. The number of carbonyl (C=O) groups is 1. The zero-order valence-electron chi connectivity index (χ0n) is 9.57. The third-order valence-corrected chi connectivity index (χ3v) is 2.20. The molecule has 0 fully saturated rings. The van der Waals surface area contributed by atoms with Crippen LogP contribution in [0.5, 0.6) is 0 Å². The molecule has 0 rings (SSSR count). The van der Waals surface area contributed by atoms with Crippen molar-refractivity contribution >= 4 is 5.91 Å². The SMILES string of the molecule is CCCCCCCNC(=O)CCNC. The fraction of sp³-hybridized carbons (Fsp3) is 0.909. The maximum absolute atomic E-state index is 11.1. The van der Waals surface area contributed by atoms with Crippen LogP contribution in [-0.4, -0.2) is 26.0 Å². The molecule has 84 valence electrons. The highest BCUT2D eigenvalue weighted by molar-refractivity contribution is 5.75. The quantitative estimate of drug-likeness (QED) is 0.556. The molecule has 0 aromatic rings. The first-order valence-corrected chi connectivity index (χ1v) is 5.72. The molecular weight excluding hydrogens is 176 g/mol. The summed E-state index contributed by atoms with van der Waals surface area (Å²) >= 11 is 0. The van der Waals surface area contributed by atoms with Crippen molar-refractivity contribution < 1.29 is 4.79 Å². The summed E-state index contributed by atoms with van der Waals surface area (Å²) in [4.78, 5) is 11.1. The average Bonchev–Trinajstić information content (AvgIpc) is 2.20. The Bertz CT molecular complexity index is 137. The Morgan fingerprint density at radius 3 is 2.43 bits per heavy atom. The van der Waals surface area contributed by atoms with Gasteiger partial charge in [-0.25, -0.2) is 0 Å². The fourth-order valence-electron chi connectivity index (χ4n) is 1.28. The summed E-state index contributed by atoms with van der Waals surface area (Å²) in [5, 5.41) is 5.87. The summed E-state index contributed by atoms with van der Waals surface area (Å²) in [5.41, 5.74) is 0. The van der Waals surface area contributed by atoms with Gasteiger partial charge in [0.2, 0.25) is 5.91 Å². The molecule has 0 aliphatic carbocycles. The van der Waals surface area contributed by atoms with Crippen LogP contribution in [0.2, 0.25) is 0 Å². The van der Waals surface area contributed by atoms with Crippen LogP contribution >= 0.6 is 0 Å². The van der Waals surface area contributed by atoms with Crippen molar-refractivity contribution in [1.82, 2.24) is 10.6 Å². The van der Waals surface area contributed by atoms with E-state index in [1.54, 1.807) is 0 Å². The van der Waals surface area contributed by atoms with Crippen LogP contribution in [0.15, 0.2) is 0 Å². The molecule has 0 unspecified atom stereocenters. The van der Waals surface area contributed by atoms with Crippen molar-refractivity contribution in [1.29, 1.82) is 0 Å². The highest BCUT2D eigenvalue weighted by Crippen LogP contribution is 2.00. The second-order valence-electron chi connectivity index (χ2n) is 3.62. The van der Waals surface area contributed by atoms with E-state index in [-0.39, 0.29) is 5.91 Å². The number of amides is 1. The number of carbonyl (C=O) groups excluding carboxylic acids is 1. The molecule has 0 atom stereocenters. The maximum Gasteiger partial charge on any atom is 0.221 e. The van der Waals surface area contributed by atoms with E-state index in [9.17, 15) is 4.79 Å². The van der Waals surface area contributed by atoms with Gasteiger partial charge in [-0.3, -0.25) is 4.79 Å². The van der Waals surface area contributed by atoms with Gasteiger partial charge in [0.25, 0.3) is 0 Å². The van der Waals surface area contributed by atoms with Gasteiger partial charge in [-0.1, -0.05) is 32.6 Å². The lowest BCUT2D eigenvalue weighted by molar-refractivity contribution is -0.120. The normalized spacial score (nSPS) is 10.1. The van der Waals surface area contributed by atoms with Crippen LogP contribution < -0.4 is 10.6 Å². The molecule has 0 aliphatic heterocycles. The summed E-state index contributed by atoms with van der Waals surface area (Å²) in [5.74, 6) is 0.162. The summed E-state index contributed by atoms with van der Waals surface area (Å²) in [6.07, 6.45) is 6.82. The van der Waals surface area contributed by atoms with Crippen molar-refractivity contribution in [3.05, 3.63) is 0 Å². The molecule has 0 bridgehead atoms. The molecule has 1 amide bonds. The van der Waals surface area contributed by atoms with E-state index < -0.39 is 0 Å². The van der Waals surface area contributed by atoms with E-state index in [0.29, 0.717) is 6.42 Å². The van der Waals surface area contributed by atoms with Crippen LogP contribution in [0, 0.1) is 0 Å². The van der Waals surface area contributed by atoms with Crippen molar-refractivity contribution in [2.45, 2.75) is 45.4 Å². The molecule has 0 heterocycles. The number of nitrogens with one attached hydrogen (secondary N) is 2. The van der Waals surface area contributed by atoms with E-state index in [1.807, 2.05) is 7.05 Å². The summed E-state index contributed by atoms with van der Waals surface area (Å²) in [6.45, 7) is 3.81. The molecule has 0 saturated carbocycles. The second-order valence-corrected chi connectivity index (χ2v) is 3.62. The zero-order valence-corrected chi connectivity index (χ0v) is 9.57. The summed E-state index contributed by atoms with van der Waals surface area (Å²) in [6, 6.07) is 0. The van der Waals surface area contributed by atoms with Gasteiger partial charge in [-0.2, -0.15) is 0 Å². The minimum Gasteiger partial charge on any atom is -0.356 e. The number of unbranched alkanes of at least 4 members (excludes halogenated alkanes) is 4. The van der Waals surface area contributed by atoms with Crippen molar-refractivity contribution in [2.75, 3.05) is 20.1 Å². The molecule has 0 saturated heterocycles. The number of hydrogen-bond acceptors (Lipinski definition) is 2. The van der Waals surface area contributed by atoms with Crippen molar-refractivity contribution in [3.8, 4) is 0 Å². The number of hydrogen-bond donors (Lipinski definition) is 2. The highest BCUT2D eigenvalue weighted by Gasteiger charge is 1.97. The van der Waals surface area contributed by atoms with Crippen LogP contribution in [-0.2, 0) is 4.79 Å². The zero-order chi connectivity index (χ0) is 10.6. The highest BCUT2D eigenvalue weighted by atomic mass is 16.1. The smallest absolute Gasteiger partial charge is 0.221 e. The average molecular weight is 200 g/mol. The monoisotopic (exact) mass is 200 g/mol. The Kier molecular flexibility index (Phi) is 10.1. The Hall–Kier alpha value is -0.570. The predicted molar refractivity (Wildman–Crippen MR) is 60.3 cm³/mol. The predicted octanol–water partition coefficient (Wildman–Crippen LogP) is 1.68. The van der Waals surface area contributed by atoms with E-state index in [0.717, 1.165) is 19.5 Å². The molecule has 0 spiro atoms. The molecular formula is C11H24N2O. The largest absolute Gasteiger partial charge is 0.356 e. The topological polar surface area (TPSA) is 41.1 Å². The Labute approximate surface area is 87.6 Å². The molecule has 0 aliphatic rings. The van der Waals surface area contributed by atoms with Gasteiger partial charge in [0.1, 0.15) is 0 Å². The Morgan fingerprint density at radius 2 is 1.79 bits per heavy atom. The van der Waals surface area contributed by atoms with Crippen LogP contribution in [0.25, 0.3) is 0 Å². The third kappa shape index (κ3) is 9.52. The maximum atomic E-state index is 11.1. The molecule has 0 aromatic heterocycles. The van der Waals surface area contributed by atoms with E-state index in [1.165, 1.54) is 25.7 Å². The standard InChI is InChI=1S/C11H24N2O/c1-3-4-5-6-7-9-13-11(14)8-10-12-2/h12H,3-10H2,1-2H3,(H,13,14). The molecule has 3 heteroatoms. The van der Waals surface area contributed by atoms with Crippen molar-refractivity contribution in [2.24, 2.45) is 0 Å². The molecule has 0 aromatic carbocycles. The van der Waals surface area contributed by atoms with Crippen LogP contribution in [0.3, 0.4) is 0 Å².